The summed E-state index contributed by atoms with van der Waals surface area (Å²) in [5, 5.41) is 112. The molecule has 34 nitrogen and oxygen atoms in total. The van der Waals surface area contributed by atoms with Gasteiger partial charge in [-0.1, -0.05) is 39.6 Å². The quantitative estimate of drug-likeness (QED) is 0.0238. The van der Waals surface area contributed by atoms with Gasteiger partial charge < -0.3 is 93.3 Å². The predicted molar refractivity (Wildman–Crippen MR) is 342 cm³/mol. The van der Waals surface area contributed by atoms with Crippen LogP contribution < -0.4 is 9.47 Å². The van der Waals surface area contributed by atoms with Crippen molar-refractivity contribution in [3.63, 3.8) is 0 Å². The van der Waals surface area contributed by atoms with Crippen LogP contribution in [0, 0.1) is 0 Å². The Morgan fingerprint density at radius 3 is 1.27 bits per heavy atom. The van der Waals surface area contributed by atoms with E-state index in [0.717, 1.165) is 13.8 Å². The van der Waals surface area contributed by atoms with E-state index in [1.807, 2.05) is 0 Å². The molecule has 34 heteroatoms. The summed E-state index contributed by atoms with van der Waals surface area (Å²) in [4.78, 5) is 89.4. The number of ketones is 6. The molecule has 4 saturated heterocycles. The summed E-state index contributed by atoms with van der Waals surface area (Å²) in [5.74, 6) is -7.04. The molecule has 4 aliphatic carbocycles. The molecule has 20 atom stereocenters. The number of ether oxygens (including phenoxy) is 10. The second-order valence-corrected chi connectivity index (χ2v) is 26.8. The zero-order valence-corrected chi connectivity index (χ0v) is 56.0. The number of carbonyl (C=O) groups excluding carboxylic acids is 6. The number of carbonyl (C=O) groups is 6. The SMILES string of the molecule is COc1cccc2c1C(=O)c1c(O)c3c(c(O)c1C2=O)C[C@@](O)(C(C)=O)C[C@@H]3OC1CC(N=[N+]=[N-])C(OC2CC(C)(O)C(O)C(C)O2)C(C)O1.COc1cccc2c1C(=O)c1c(O)c3c(c(O)c1C2=O)C[C@@](O)(C(C)=O)C[C@@H]3OC1CC(N=[N+]=[N-])C(OC2CC(N=[N+]=[N-])C(O)C(C)O2)C(C)O1. The number of aliphatic hydroxyl groups is 5. The summed E-state index contributed by atoms with van der Waals surface area (Å²) in [5.41, 5.74) is 19.2. The maximum Gasteiger partial charge on any atom is 0.202 e. The fourth-order valence-electron chi connectivity index (χ4n) is 15.0. The van der Waals surface area contributed by atoms with Gasteiger partial charge in [0.1, 0.15) is 51.8 Å². The Bertz CT molecular complexity index is 4230. The summed E-state index contributed by atoms with van der Waals surface area (Å²) in [6.07, 6.45) is -16.5. The molecule has 0 spiro atoms. The molecule has 9 N–H and O–H groups in total. The van der Waals surface area contributed by atoms with Crippen molar-refractivity contribution in [3.05, 3.63) is 134 Å². The second kappa shape index (κ2) is 28.2. The number of Topliss-reactive ketones (excluding diaryl/α,β-unsaturated/α-hetero) is 2. The molecule has 4 aromatic carbocycles. The normalized spacial score (nSPS) is 33.9. The number of azide groups is 3. The van der Waals surface area contributed by atoms with Crippen molar-refractivity contribution in [3.8, 4) is 34.5 Å². The molecule has 4 heterocycles. The lowest BCUT2D eigenvalue weighted by molar-refractivity contribution is -0.314. The Labute approximate surface area is 574 Å². The van der Waals surface area contributed by atoms with Crippen LogP contribution in [0.3, 0.4) is 0 Å². The number of benzene rings is 4. The molecule has 12 rings (SSSR count). The molecule has 8 aliphatic rings. The van der Waals surface area contributed by atoms with Gasteiger partial charge in [0.15, 0.2) is 48.3 Å². The zero-order chi connectivity index (χ0) is 73.4. The topological polar surface area (TPSA) is 523 Å². The number of nitrogens with zero attached hydrogens (tertiary/aromatic N) is 9. The number of aliphatic hydroxyl groups excluding tert-OH is 2. The lowest BCUT2D eigenvalue weighted by Gasteiger charge is -2.46. The van der Waals surface area contributed by atoms with Crippen molar-refractivity contribution in [1.29, 1.82) is 0 Å². The summed E-state index contributed by atoms with van der Waals surface area (Å²) in [7, 11) is 2.64. The van der Waals surface area contributed by atoms with Gasteiger partial charge in [-0.05, 0) is 77.2 Å². The van der Waals surface area contributed by atoms with Crippen LogP contribution in [0.25, 0.3) is 31.3 Å². The van der Waals surface area contributed by atoms with Crippen molar-refractivity contribution in [2.24, 2.45) is 15.3 Å². The van der Waals surface area contributed by atoms with Gasteiger partial charge in [-0.2, -0.15) is 0 Å². The number of methoxy groups -OCH3 is 2. The van der Waals surface area contributed by atoms with E-state index in [2.05, 4.69) is 30.1 Å². The van der Waals surface area contributed by atoms with Crippen LogP contribution in [0.15, 0.2) is 51.7 Å². The van der Waals surface area contributed by atoms with Crippen LogP contribution in [0.1, 0.15) is 185 Å². The van der Waals surface area contributed by atoms with Crippen molar-refractivity contribution in [2.75, 3.05) is 14.2 Å². The predicted octanol–water partition coefficient (Wildman–Crippen LogP) is 6.23. The van der Waals surface area contributed by atoms with E-state index in [1.165, 1.54) is 57.5 Å². The molecule has 16 unspecified atom stereocenters. The van der Waals surface area contributed by atoms with Crippen LogP contribution in [-0.2, 0) is 60.3 Å². The second-order valence-electron chi connectivity index (χ2n) is 26.8. The Morgan fingerprint density at radius 1 is 0.505 bits per heavy atom. The molecule has 0 radical (unpaired) electrons. The van der Waals surface area contributed by atoms with Crippen LogP contribution >= 0.6 is 0 Å². The third-order valence-corrected chi connectivity index (χ3v) is 20.3. The molecule has 101 heavy (non-hydrogen) atoms. The third kappa shape index (κ3) is 13.1. The fourth-order valence-corrected chi connectivity index (χ4v) is 15.0. The first kappa shape index (κ1) is 73.3. The number of hydrogen-bond acceptors (Lipinski definition) is 28. The van der Waals surface area contributed by atoms with E-state index < -0.39 is 227 Å². The van der Waals surface area contributed by atoms with Crippen LogP contribution in [0.2, 0.25) is 0 Å². The first-order valence-corrected chi connectivity index (χ1v) is 32.4. The number of fused-ring (bicyclic) bond motifs is 6. The van der Waals surface area contributed by atoms with E-state index in [9.17, 15) is 85.8 Å². The Morgan fingerprint density at radius 2 is 0.871 bits per heavy atom. The smallest absolute Gasteiger partial charge is 0.202 e. The van der Waals surface area contributed by atoms with Crippen LogP contribution in [0.4, 0.5) is 0 Å². The lowest BCUT2D eigenvalue weighted by atomic mass is 9.72. The average Bonchev–Trinajstić information content (AvgIpc) is 0.716. The number of rotatable bonds is 15. The molecule has 0 amide bonds. The monoisotopic (exact) mass is 1410 g/mol. The lowest BCUT2D eigenvalue weighted by Crippen LogP contribution is -2.57. The number of hydrogen-bond donors (Lipinski definition) is 9. The van der Waals surface area contributed by atoms with Crippen molar-refractivity contribution >= 4 is 34.7 Å². The number of phenols is 4. The van der Waals surface area contributed by atoms with Gasteiger partial charge in [0.2, 0.25) is 11.6 Å². The van der Waals surface area contributed by atoms with Crippen LogP contribution in [0.5, 0.6) is 34.5 Å². The largest absolute Gasteiger partial charge is 0.507 e. The molecule has 0 aromatic heterocycles. The first-order chi connectivity index (χ1) is 47.8. The first-order valence-electron chi connectivity index (χ1n) is 32.4. The minimum absolute atomic E-state index is 0.00878. The Kier molecular flexibility index (Phi) is 20.4. The van der Waals surface area contributed by atoms with Crippen molar-refractivity contribution in [1.82, 2.24) is 0 Å². The summed E-state index contributed by atoms with van der Waals surface area (Å²) >= 11 is 0. The number of phenolic OH excluding ortho intramolecular Hbond substituents is 4. The molecule has 0 saturated carbocycles. The maximum absolute atomic E-state index is 13.9. The molecule has 4 aromatic rings. The Balaban J connectivity index is 0.000000203. The van der Waals surface area contributed by atoms with Crippen LogP contribution in [-0.4, -0.2) is 204 Å². The van der Waals surface area contributed by atoms with E-state index in [-0.39, 0.29) is 81.7 Å². The highest BCUT2D eigenvalue weighted by molar-refractivity contribution is 6.32. The molecular formula is C67H75N9O25. The molecule has 0 bridgehead atoms. The summed E-state index contributed by atoms with van der Waals surface area (Å²) < 4.78 is 59.2. The van der Waals surface area contributed by atoms with Gasteiger partial charge in [0.25, 0.3) is 0 Å². The third-order valence-electron chi connectivity index (χ3n) is 20.3. The Hall–Kier alpha value is -8.89. The summed E-state index contributed by atoms with van der Waals surface area (Å²) in [6, 6.07) is 6.04. The van der Waals surface area contributed by atoms with Gasteiger partial charge in [-0.25, -0.2) is 0 Å². The fraction of sp³-hybridized carbons (Fsp3) is 0.552. The molecule has 4 fully saturated rings. The van der Waals surface area contributed by atoms with Gasteiger partial charge in [0.05, 0.1) is 126 Å². The minimum atomic E-state index is -2.11. The van der Waals surface area contributed by atoms with E-state index in [4.69, 9.17) is 52.9 Å². The van der Waals surface area contributed by atoms with Gasteiger partial charge >= 0.3 is 0 Å². The van der Waals surface area contributed by atoms with E-state index in [0.29, 0.717) is 0 Å². The van der Waals surface area contributed by atoms with E-state index >= 15 is 0 Å². The molecule has 4 aliphatic heterocycles. The van der Waals surface area contributed by atoms with Gasteiger partial charge in [-0.15, -0.1) is 0 Å². The minimum Gasteiger partial charge on any atom is -0.507 e. The highest BCUT2D eigenvalue weighted by atomic mass is 16.7. The average molecular weight is 1410 g/mol. The molecule has 538 valence electrons. The highest BCUT2D eigenvalue weighted by Gasteiger charge is 2.54. The van der Waals surface area contributed by atoms with Gasteiger partial charge in [0, 0.05) is 99.5 Å². The zero-order valence-electron chi connectivity index (χ0n) is 56.0. The maximum atomic E-state index is 13.9. The summed E-state index contributed by atoms with van der Waals surface area (Å²) in [6.45, 7) is 10.2. The van der Waals surface area contributed by atoms with E-state index in [1.54, 1.807) is 27.7 Å². The number of aromatic hydroxyl groups is 4. The van der Waals surface area contributed by atoms with Gasteiger partial charge in [-0.3, -0.25) is 28.8 Å². The van der Waals surface area contributed by atoms with Crippen molar-refractivity contribution in [2.45, 2.75) is 221 Å². The highest BCUT2D eigenvalue weighted by Crippen LogP contribution is 2.55. The molecular weight excluding hydrogens is 1330 g/mol. The van der Waals surface area contributed by atoms with Crippen molar-refractivity contribution < 1.29 is 122 Å². The standard InChI is InChI=1S/C34H39N3O13.C33H36N6O12/c1-13-31(50-22-12-33(4,44)32(43)14(2)48-22)18(36-37-35)9-21(47-13)49-20-11-34(45,15(3)38)10-17-24(20)30(42)26-25(28(17)40)27(39)16-7-6-8-19(46-5)23(16)29(26)41;1-12-27(41)17(36-38-34)8-22(48-12)51-32-13(2)49-21(9-18(32)37-39-35)50-20-11-33(46,14(3)40)10-16-24(20)31(45)26-25(29(16)43)28(42)15-6-5-7-19(47-4)23(15)30(26)44/h6-8,13-14,18,20-22,31-32,40,42-45H,9-12H2,1-5H3;5-7,12-13,17-18,20-22,27,32,41,43,45-46H,8-11H2,1-4H3/t13?,14?,18?,20-,21?,22?,31?,32?,33?,34-;12?,13?,17?,18?,20-,21?,22?,27?,32?,33-/m00/s1.